The van der Waals surface area contributed by atoms with Crippen molar-refractivity contribution in [1.82, 2.24) is 0 Å². The minimum absolute atomic E-state index is 0.0328. The van der Waals surface area contributed by atoms with Gasteiger partial charge in [0, 0.05) is 34.7 Å². The molecule has 0 aromatic heterocycles. The number of alkyl halides is 12. The van der Waals surface area contributed by atoms with Gasteiger partial charge in [0.1, 0.15) is 23.0 Å². The zero-order valence-corrected chi connectivity index (χ0v) is 30.1. The molecule has 0 atom stereocenters. The van der Waals surface area contributed by atoms with Crippen molar-refractivity contribution >= 4 is 23.2 Å². The highest BCUT2D eigenvalue weighted by Crippen LogP contribution is 2.38. The SMILES string of the molecule is C\C=C(/C=C(\C=C\C(F)(F)F)C(F)(F)F)C(=O)Nc1ccc(Oc2cc(Oc3ccc(NC(=O)c4cc(C(F)(F)F)cc(C(F)(F)F)c4)cc3)cc(C(C)C)c2)cc1. The highest BCUT2D eigenvalue weighted by atomic mass is 19.4. The molecule has 2 N–H and O–H groups in total. The number of benzene rings is 4. The standard InChI is InChI=1S/C40H30F12N2O4/c1-4-23(15-26(38(44,45)46)13-14-37(41,42)43)35(55)53-29-5-9-31(10-6-29)57-33-18-24(22(2)3)19-34(21-33)58-32-11-7-30(8-12-32)54-36(56)25-16-27(39(47,48)49)20-28(17-25)40(50,51)52/h4-22H,1-3H3,(H,53,55)(H,54,56)/b14-13+,23-4+,26-15+. The Kier molecular flexibility index (Phi) is 13.4. The molecule has 6 nitrogen and oxygen atoms in total. The lowest BCUT2D eigenvalue weighted by Gasteiger charge is -2.15. The molecule has 2 amide bonds. The molecule has 0 saturated carbocycles. The van der Waals surface area contributed by atoms with Gasteiger partial charge in [0.15, 0.2) is 0 Å². The van der Waals surface area contributed by atoms with Crippen LogP contribution in [0, 0.1) is 0 Å². The third-order valence-electron chi connectivity index (χ3n) is 7.78. The summed E-state index contributed by atoms with van der Waals surface area (Å²) < 4.78 is 169. The predicted octanol–water partition coefficient (Wildman–Crippen LogP) is 13.2. The van der Waals surface area contributed by atoms with Crippen molar-refractivity contribution in [3.63, 3.8) is 0 Å². The fourth-order valence-electron chi connectivity index (χ4n) is 4.88. The van der Waals surface area contributed by atoms with Crippen LogP contribution >= 0.6 is 0 Å². The van der Waals surface area contributed by atoms with Crippen LogP contribution in [-0.4, -0.2) is 24.2 Å². The molecule has 4 aromatic rings. The van der Waals surface area contributed by atoms with Crippen molar-refractivity contribution in [2.45, 2.75) is 51.4 Å². The quantitative estimate of drug-likeness (QED) is 0.0897. The van der Waals surface area contributed by atoms with E-state index in [2.05, 4.69) is 10.6 Å². The summed E-state index contributed by atoms with van der Waals surface area (Å²) in [5, 5.41) is 4.62. The van der Waals surface area contributed by atoms with Crippen LogP contribution in [0.3, 0.4) is 0 Å². The number of carbonyl (C=O) groups is 2. The van der Waals surface area contributed by atoms with Crippen LogP contribution in [0.15, 0.2) is 120 Å². The number of ether oxygens (including phenoxy) is 2. The number of rotatable bonds is 11. The van der Waals surface area contributed by atoms with E-state index in [1.807, 2.05) is 13.8 Å². The highest BCUT2D eigenvalue weighted by molar-refractivity contribution is 6.06. The third-order valence-corrected chi connectivity index (χ3v) is 7.78. The number of carbonyl (C=O) groups excluding carboxylic acids is 2. The van der Waals surface area contributed by atoms with Gasteiger partial charge in [-0.05, 0) is 109 Å². The van der Waals surface area contributed by atoms with Gasteiger partial charge in [0.05, 0.1) is 16.7 Å². The monoisotopic (exact) mass is 830 g/mol. The number of nitrogens with one attached hydrogen (secondary N) is 2. The Morgan fingerprint density at radius 3 is 1.48 bits per heavy atom. The number of halogens is 12. The summed E-state index contributed by atoms with van der Waals surface area (Å²) in [5.41, 5.74) is -5.51. The summed E-state index contributed by atoms with van der Waals surface area (Å²) in [5.74, 6) is -1.26. The van der Waals surface area contributed by atoms with Gasteiger partial charge in [0.2, 0.25) is 0 Å². The lowest BCUT2D eigenvalue weighted by Crippen LogP contribution is -2.17. The van der Waals surface area contributed by atoms with E-state index in [9.17, 15) is 62.3 Å². The highest BCUT2D eigenvalue weighted by Gasteiger charge is 2.38. The minimum atomic E-state index is -5.18. The number of hydrogen-bond acceptors (Lipinski definition) is 4. The van der Waals surface area contributed by atoms with Gasteiger partial charge in [-0.1, -0.05) is 19.9 Å². The first-order valence-corrected chi connectivity index (χ1v) is 16.6. The number of anilines is 2. The molecule has 18 heteroatoms. The topological polar surface area (TPSA) is 76.7 Å². The Balaban J connectivity index is 1.46. The molecule has 0 radical (unpaired) electrons. The van der Waals surface area contributed by atoms with Gasteiger partial charge in [-0.15, -0.1) is 0 Å². The minimum Gasteiger partial charge on any atom is -0.457 e. The van der Waals surface area contributed by atoms with E-state index in [4.69, 9.17) is 9.47 Å². The van der Waals surface area contributed by atoms with E-state index in [1.54, 1.807) is 12.1 Å². The maximum Gasteiger partial charge on any atom is 0.416 e. The van der Waals surface area contributed by atoms with Gasteiger partial charge in [-0.2, -0.15) is 52.7 Å². The van der Waals surface area contributed by atoms with E-state index in [0.717, 1.165) is 11.6 Å². The molecule has 0 fully saturated rings. The van der Waals surface area contributed by atoms with Crippen molar-refractivity contribution < 1.29 is 71.7 Å². The van der Waals surface area contributed by atoms with Gasteiger partial charge in [-0.25, -0.2) is 0 Å². The second-order valence-corrected chi connectivity index (χ2v) is 12.6. The van der Waals surface area contributed by atoms with Crippen molar-refractivity contribution in [3.05, 3.63) is 143 Å². The molecule has 0 heterocycles. The van der Waals surface area contributed by atoms with E-state index in [-0.39, 0.29) is 58.5 Å². The molecule has 0 aliphatic carbocycles. The van der Waals surface area contributed by atoms with E-state index < -0.39 is 70.4 Å². The smallest absolute Gasteiger partial charge is 0.416 e. The normalized spacial score (nSPS) is 13.2. The van der Waals surface area contributed by atoms with Gasteiger partial charge < -0.3 is 20.1 Å². The molecule has 308 valence electrons. The van der Waals surface area contributed by atoms with Crippen molar-refractivity contribution in [2.75, 3.05) is 10.6 Å². The molecule has 58 heavy (non-hydrogen) atoms. The summed E-state index contributed by atoms with van der Waals surface area (Å²) in [4.78, 5) is 25.4. The maximum absolute atomic E-state index is 13.4. The number of allylic oxidation sites excluding steroid dienone is 4. The molecule has 0 saturated heterocycles. The van der Waals surface area contributed by atoms with Crippen LogP contribution in [0.1, 0.15) is 53.7 Å². The Hall–Kier alpha value is -6.20. The molecule has 0 aliphatic heterocycles. The lowest BCUT2D eigenvalue weighted by atomic mass is 10.0. The fourth-order valence-corrected chi connectivity index (χ4v) is 4.88. The van der Waals surface area contributed by atoms with Crippen molar-refractivity contribution in [1.29, 1.82) is 0 Å². The van der Waals surface area contributed by atoms with Gasteiger partial charge >= 0.3 is 24.7 Å². The fraction of sp³-hybridized carbons (Fsp3) is 0.200. The average Bonchev–Trinajstić information content (AvgIpc) is 3.11. The molecular formula is C40H30F12N2O4. The van der Waals surface area contributed by atoms with E-state index in [1.165, 1.54) is 61.5 Å². The summed E-state index contributed by atoms with van der Waals surface area (Å²) in [6.07, 6.45) is -20.0. The summed E-state index contributed by atoms with van der Waals surface area (Å²) in [6.45, 7) is 5.01. The van der Waals surface area contributed by atoms with E-state index in [0.29, 0.717) is 12.1 Å². The first-order valence-electron chi connectivity index (χ1n) is 16.6. The van der Waals surface area contributed by atoms with Crippen LogP contribution in [0.4, 0.5) is 64.1 Å². The molecular weight excluding hydrogens is 800 g/mol. The summed E-state index contributed by atoms with van der Waals surface area (Å²) in [7, 11) is 0. The molecule has 4 aromatic carbocycles. The van der Waals surface area contributed by atoms with Crippen LogP contribution in [-0.2, 0) is 17.1 Å². The van der Waals surface area contributed by atoms with E-state index >= 15 is 0 Å². The first-order chi connectivity index (χ1) is 26.8. The molecule has 0 spiro atoms. The molecule has 0 unspecified atom stereocenters. The molecule has 0 bridgehead atoms. The van der Waals surface area contributed by atoms with Crippen LogP contribution in [0.2, 0.25) is 0 Å². The second-order valence-electron chi connectivity index (χ2n) is 12.6. The average molecular weight is 831 g/mol. The van der Waals surface area contributed by atoms with Crippen LogP contribution in [0.5, 0.6) is 23.0 Å². The largest absolute Gasteiger partial charge is 0.457 e. The van der Waals surface area contributed by atoms with Gasteiger partial charge in [0.25, 0.3) is 11.8 Å². The van der Waals surface area contributed by atoms with Crippen LogP contribution < -0.4 is 20.1 Å². The predicted molar refractivity (Wildman–Crippen MR) is 190 cm³/mol. The van der Waals surface area contributed by atoms with Crippen molar-refractivity contribution in [2.24, 2.45) is 0 Å². The Bertz CT molecular complexity index is 2170. The lowest BCUT2D eigenvalue weighted by molar-refractivity contribution is -0.143. The Labute approximate surface area is 322 Å². The zero-order valence-electron chi connectivity index (χ0n) is 30.1. The van der Waals surface area contributed by atoms with Crippen molar-refractivity contribution in [3.8, 4) is 23.0 Å². The Morgan fingerprint density at radius 2 is 1.09 bits per heavy atom. The molecule has 4 rings (SSSR count). The third kappa shape index (κ3) is 12.9. The van der Waals surface area contributed by atoms with Crippen LogP contribution in [0.25, 0.3) is 0 Å². The number of amides is 2. The number of hydrogen-bond donors (Lipinski definition) is 2. The summed E-state index contributed by atoms with van der Waals surface area (Å²) >= 11 is 0. The maximum atomic E-state index is 13.4. The Morgan fingerprint density at radius 1 is 0.621 bits per heavy atom. The summed E-state index contributed by atoms with van der Waals surface area (Å²) in [6, 6.07) is 16.4. The first kappa shape index (κ1) is 44.5. The second kappa shape index (κ2) is 17.5. The van der Waals surface area contributed by atoms with Gasteiger partial charge in [-0.3, -0.25) is 9.59 Å². The zero-order chi connectivity index (χ0) is 43.2. The molecule has 0 aliphatic rings.